The van der Waals surface area contributed by atoms with Crippen LogP contribution in [0.2, 0.25) is 0 Å². The van der Waals surface area contributed by atoms with E-state index in [9.17, 15) is 9.59 Å². The van der Waals surface area contributed by atoms with Crippen molar-refractivity contribution in [3.63, 3.8) is 0 Å². The Bertz CT molecular complexity index is 502. The van der Waals surface area contributed by atoms with Crippen molar-refractivity contribution in [2.45, 2.75) is 19.4 Å². The lowest BCUT2D eigenvalue weighted by molar-refractivity contribution is -0.119. The molecule has 1 saturated heterocycles. The largest absolute Gasteiger partial charge is 0.462 e. The Balaban J connectivity index is 2.22. The molecule has 0 bridgehead atoms. The second kappa shape index (κ2) is 5.60. The van der Waals surface area contributed by atoms with Gasteiger partial charge >= 0.3 is 5.97 Å². The summed E-state index contributed by atoms with van der Waals surface area (Å²) in [5.41, 5.74) is 7.28. The number of esters is 1. The fourth-order valence-electron chi connectivity index (χ4n) is 2.02. The molecule has 19 heavy (non-hydrogen) atoms. The van der Waals surface area contributed by atoms with Gasteiger partial charge in [-0.1, -0.05) is 6.07 Å². The fourth-order valence-corrected chi connectivity index (χ4v) is 2.02. The molecule has 1 heterocycles. The molecule has 1 aromatic rings. The van der Waals surface area contributed by atoms with Crippen LogP contribution in [-0.2, 0) is 9.53 Å². The Morgan fingerprint density at radius 1 is 1.58 bits per heavy atom. The quantitative estimate of drug-likeness (QED) is 0.550. The van der Waals surface area contributed by atoms with Crippen molar-refractivity contribution in [1.82, 2.24) is 5.32 Å². The van der Waals surface area contributed by atoms with Gasteiger partial charge < -0.3 is 21.1 Å². The predicted molar refractivity (Wildman–Crippen MR) is 71.8 cm³/mol. The topological polar surface area (TPSA) is 93.4 Å². The maximum Gasteiger partial charge on any atom is 0.340 e. The second-order valence-electron chi connectivity index (χ2n) is 4.34. The Kier molecular flexibility index (Phi) is 3.89. The highest BCUT2D eigenvalue weighted by Gasteiger charge is 2.24. The minimum absolute atomic E-state index is 0.00955. The van der Waals surface area contributed by atoms with Gasteiger partial charge in [-0.05, 0) is 19.1 Å². The van der Waals surface area contributed by atoms with E-state index >= 15 is 0 Å². The van der Waals surface area contributed by atoms with Crippen molar-refractivity contribution >= 4 is 23.3 Å². The highest BCUT2D eigenvalue weighted by atomic mass is 16.5. The van der Waals surface area contributed by atoms with Gasteiger partial charge in [-0.25, -0.2) is 4.79 Å². The van der Waals surface area contributed by atoms with Gasteiger partial charge in [-0.2, -0.15) is 0 Å². The molecule has 102 valence electrons. The zero-order valence-electron chi connectivity index (χ0n) is 10.7. The summed E-state index contributed by atoms with van der Waals surface area (Å²) >= 11 is 0. The Labute approximate surface area is 111 Å². The molecule has 4 N–H and O–H groups in total. The van der Waals surface area contributed by atoms with Crippen LogP contribution in [0.5, 0.6) is 0 Å². The van der Waals surface area contributed by atoms with E-state index in [2.05, 4.69) is 10.6 Å². The van der Waals surface area contributed by atoms with Crippen LogP contribution in [0.15, 0.2) is 18.2 Å². The summed E-state index contributed by atoms with van der Waals surface area (Å²) in [6, 6.07) is 4.99. The van der Waals surface area contributed by atoms with Crippen molar-refractivity contribution in [2.24, 2.45) is 0 Å². The monoisotopic (exact) mass is 263 g/mol. The van der Waals surface area contributed by atoms with Gasteiger partial charge in [0.25, 0.3) is 0 Å². The molecule has 1 amide bonds. The van der Waals surface area contributed by atoms with E-state index in [1.165, 1.54) is 0 Å². The van der Waals surface area contributed by atoms with Gasteiger partial charge in [0.1, 0.15) is 0 Å². The number of hydrogen-bond acceptors (Lipinski definition) is 5. The molecule has 1 unspecified atom stereocenters. The first-order valence-electron chi connectivity index (χ1n) is 6.20. The summed E-state index contributed by atoms with van der Waals surface area (Å²) < 4.78 is 4.99. The van der Waals surface area contributed by atoms with E-state index in [1.807, 2.05) is 0 Å². The first kappa shape index (κ1) is 13.2. The molecule has 0 aromatic heterocycles. The minimum atomic E-state index is -0.422. The van der Waals surface area contributed by atoms with E-state index in [0.29, 0.717) is 36.5 Å². The summed E-state index contributed by atoms with van der Waals surface area (Å²) in [6.45, 7) is 2.57. The van der Waals surface area contributed by atoms with E-state index < -0.39 is 5.97 Å². The zero-order valence-corrected chi connectivity index (χ0v) is 10.7. The summed E-state index contributed by atoms with van der Waals surface area (Å²) in [5.74, 6) is -0.431. The number of anilines is 2. The van der Waals surface area contributed by atoms with Crippen molar-refractivity contribution in [3.05, 3.63) is 23.8 Å². The molecule has 1 aliphatic rings. The minimum Gasteiger partial charge on any atom is -0.462 e. The number of rotatable bonds is 4. The number of nitrogens with two attached hydrogens (primary N) is 1. The molecule has 6 heteroatoms. The number of nitrogens with one attached hydrogen (secondary N) is 2. The average molecular weight is 263 g/mol. The molecule has 2 rings (SSSR count). The van der Waals surface area contributed by atoms with Gasteiger partial charge in [0.15, 0.2) is 0 Å². The molecule has 1 aliphatic heterocycles. The van der Waals surface area contributed by atoms with Crippen LogP contribution in [0, 0.1) is 0 Å². The molecule has 0 aliphatic carbocycles. The normalized spacial score (nSPS) is 17.9. The van der Waals surface area contributed by atoms with Gasteiger partial charge in [-0.3, -0.25) is 4.79 Å². The number of amides is 1. The van der Waals surface area contributed by atoms with Crippen molar-refractivity contribution < 1.29 is 14.3 Å². The van der Waals surface area contributed by atoms with Crippen molar-refractivity contribution in [1.29, 1.82) is 0 Å². The third kappa shape index (κ3) is 2.96. The number of para-hydroxylation sites is 1. The number of ether oxygens (including phenoxy) is 1. The Hall–Kier alpha value is -2.24. The molecule has 6 nitrogen and oxygen atoms in total. The molecule has 0 radical (unpaired) electrons. The summed E-state index contributed by atoms with van der Waals surface area (Å²) in [5, 5.41) is 5.86. The fraction of sp³-hybridized carbons (Fsp3) is 0.385. The van der Waals surface area contributed by atoms with Gasteiger partial charge in [0.05, 0.1) is 29.6 Å². The molecular weight excluding hydrogens is 246 g/mol. The maximum atomic E-state index is 11.9. The first-order valence-corrected chi connectivity index (χ1v) is 6.20. The Morgan fingerprint density at radius 3 is 3.00 bits per heavy atom. The lowest BCUT2D eigenvalue weighted by Crippen LogP contribution is -2.24. The molecule has 0 spiro atoms. The lowest BCUT2D eigenvalue weighted by Gasteiger charge is -2.17. The van der Waals surface area contributed by atoms with Gasteiger partial charge in [0.2, 0.25) is 5.91 Å². The third-order valence-electron chi connectivity index (χ3n) is 2.92. The van der Waals surface area contributed by atoms with Crippen LogP contribution >= 0.6 is 0 Å². The average Bonchev–Trinajstić information content (AvgIpc) is 2.78. The maximum absolute atomic E-state index is 11.9. The standard InChI is InChI=1S/C13H17N3O3/c1-2-19-13(18)9-4-3-5-10(14)12(9)16-8-6-11(17)15-7-8/h3-5,8,16H,2,6-7,14H2,1H3,(H,15,17). The van der Waals surface area contributed by atoms with Crippen LogP contribution in [0.25, 0.3) is 0 Å². The second-order valence-corrected chi connectivity index (χ2v) is 4.34. The van der Waals surface area contributed by atoms with Gasteiger partial charge in [-0.15, -0.1) is 0 Å². The highest BCUT2D eigenvalue weighted by Crippen LogP contribution is 2.26. The smallest absolute Gasteiger partial charge is 0.340 e. The van der Waals surface area contributed by atoms with E-state index in [1.54, 1.807) is 25.1 Å². The number of hydrogen-bond donors (Lipinski definition) is 3. The number of benzene rings is 1. The van der Waals surface area contributed by atoms with Crippen LogP contribution in [-0.4, -0.2) is 31.1 Å². The molecule has 0 saturated carbocycles. The summed E-state index contributed by atoms with van der Waals surface area (Å²) in [7, 11) is 0. The third-order valence-corrected chi connectivity index (χ3v) is 2.92. The SMILES string of the molecule is CCOC(=O)c1cccc(N)c1NC1CNC(=O)C1. The first-order chi connectivity index (χ1) is 9.11. The molecule has 1 aromatic carbocycles. The van der Waals surface area contributed by atoms with Crippen molar-refractivity contribution in [3.8, 4) is 0 Å². The van der Waals surface area contributed by atoms with E-state index in [4.69, 9.17) is 10.5 Å². The van der Waals surface area contributed by atoms with Crippen molar-refractivity contribution in [2.75, 3.05) is 24.2 Å². The lowest BCUT2D eigenvalue weighted by atomic mass is 10.1. The molecule has 1 atom stereocenters. The molecule has 1 fully saturated rings. The van der Waals surface area contributed by atoms with Crippen LogP contribution in [0.3, 0.4) is 0 Å². The molecular formula is C13H17N3O3. The predicted octanol–water partition coefficient (Wildman–Crippen LogP) is 0.746. The van der Waals surface area contributed by atoms with Crippen LogP contribution in [0.4, 0.5) is 11.4 Å². The Morgan fingerprint density at radius 2 is 2.37 bits per heavy atom. The summed E-state index contributed by atoms with van der Waals surface area (Å²) in [6.07, 6.45) is 0.372. The number of nitrogen functional groups attached to an aromatic ring is 1. The number of carbonyl (C=O) groups is 2. The van der Waals surface area contributed by atoms with Crippen LogP contribution < -0.4 is 16.4 Å². The van der Waals surface area contributed by atoms with Crippen LogP contribution in [0.1, 0.15) is 23.7 Å². The van der Waals surface area contributed by atoms with Gasteiger partial charge in [0, 0.05) is 13.0 Å². The highest BCUT2D eigenvalue weighted by molar-refractivity contribution is 5.99. The zero-order chi connectivity index (χ0) is 13.8. The summed E-state index contributed by atoms with van der Waals surface area (Å²) in [4.78, 5) is 23.0. The van der Waals surface area contributed by atoms with E-state index in [0.717, 1.165) is 0 Å². The number of carbonyl (C=O) groups excluding carboxylic acids is 2. The van der Waals surface area contributed by atoms with E-state index in [-0.39, 0.29) is 11.9 Å².